The predicted molar refractivity (Wildman–Crippen MR) is 87.6 cm³/mol. The van der Waals surface area contributed by atoms with Crippen molar-refractivity contribution in [1.29, 1.82) is 0 Å². The topological polar surface area (TPSA) is 99.7 Å². The lowest BCUT2D eigenvalue weighted by Gasteiger charge is -2.35. The number of rotatable bonds is 2. The van der Waals surface area contributed by atoms with Gasteiger partial charge in [-0.25, -0.2) is 9.78 Å². The molecule has 0 bridgehead atoms. The quantitative estimate of drug-likeness (QED) is 0.742. The van der Waals surface area contributed by atoms with E-state index in [9.17, 15) is 9.59 Å². The van der Waals surface area contributed by atoms with Gasteiger partial charge in [0, 0.05) is 31.5 Å². The molecule has 8 heteroatoms. The summed E-state index contributed by atoms with van der Waals surface area (Å²) in [5.74, 6) is -0.0694. The number of H-pyrrole nitrogens is 2. The molecule has 3 aromatic rings. The molecule has 0 aliphatic carbocycles. The summed E-state index contributed by atoms with van der Waals surface area (Å²) in [6.45, 7) is 0.708. The Morgan fingerprint density at radius 1 is 1.29 bits per heavy atom. The van der Waals surface area contributed by atoms with Gasteiger partial charge in [0.25, 0.3) is 5.91 Å². The minimum Gasteiger partial charge on any atom is -0.331 e. The van der Waals surface area contributed by atoms with Crippen molar-refractivity contribution in [3.05, 3.63) is 46.3 Å². The number of fused-ring (bicyclic) bond motifs is 1. The van der Waals surface area contributed by atoms with Gasteiger partial charge in [-0.05, 0) is 25.3 Å². The van der Waals surface area contributed by atoms with Crippen LogP contribution in [0.3, 0.4) is 0 Å². The average Bonchev–Trinajstić information content (AvgIpc) is 3.18. The molecule has 1 saturated heterocycles. The number of amides is 1. The number of hydrogen-bond acceptors (Lipinski definition) is 4. The molecule has 3 aromatic heterocycles. The van der Waals surface area contributed by atoms with Crippen molar-refractivity contribution in [1.82, 2.24) is 29.6 Å². The highest BCUT2D eigenvalue weighted by molar-refractivity contribution is 5.96. The third-order valence-electron chi connectivity index (χ3n) is 4.49. The van der Waals surface area contributed by atoms with E-state index in [1.54, 1.807) is 10.7 Å². The zero-order chi connectivity index (χ0) is 16.7. The number of aromatic nitrogens is 5. The fourth-order valence-electron chi connectivity index (χ4n) is 3.34. The lowest BCUT2D eigenvalue weighted by molar-refractivity contribution is 0.0611. The van der Waals surface area contributed by atoms with Crippen molar-refractivity contribution in [2.45, 2.75) is 25.3 Å². The molecule has 0 radical (unpaired) electrons. The summed E-state index contributed by atoms with van der Waals surface area (Å²) in [5, 5.41) is 4.22. The second-order valence-electron chi connectivity index (χ2n) is 6.16. The summed E-state index contributed by atoms with van der Waals surface area (Å²) in [6, 6.07) is 1.71. The van der Waals surface area contributed by atoms with Crippen LogP contribution in [0.4, 0.5) is 0 Å². The molecule has 1 unspecified atom stereocenters. The van der Waals surface area contributed by atoms with Crippen LogP contribution < -0.4 is 5.69 Å². The normalized spacial score (nSPS) is 18.2. The Labute approximate surface area is 137 Å². The molecule has 1 atom stereocenters. The van der Waals surface area contributed by atoms with Gasteiger partial charge in [0.1, 0.15) is 0 Å². The van der Waals surface area contributed by atoms with E-state index in [-0.39, 0.29) is 17.6 Å². The van der Waals surface area contributed by atoms with E-state index in [2.05, 4.69) is 20.1 Å². The Hall–Kier alpha value is -2.90. The van der Waals surface area contributed by atoms with Crippen molar-refractivity contribution >= 4 is 17.1 Å². The molecule has 0 aromatic carbocycles. The second-order valence-corrected chi connectivity index (χ2v) is 6.16. The minimum atomic E-state index is -0.326. The predicted octanol–water partition coefficient (Wildman–Crippen LogP) is 1.35. The SMILES string of the molecule is Cn1cc(C2CCCCN2C(=O)c2cnc3[nH]c(=O)[nH]c3c2)cn1. The van der Waals surface area contributed by atoms with E-state index in [4.69, 9.17) is 0 Å². The van der Waals surface area contributed by atoms with Gasteiger partial charge in [0.15, 0.2) is 5.65 Å². The third-order valence-corrected chi connectivity index (χ3v) is 4.49. The number of piperidine rings is 1. The van der Waals surface area contributed by atoms with E-state index in [1.807, 2.05) is 24.3 Å². The zero-order valence-corrected chi connectivity index (χ0v) is 13.3. The van der Waals surface area contributed by atoms with Crippen LogP contribution in [0.2, 0.25) is 0 Å². The fourth-order valence-corrected chi connectivity index (χ4v) is 3.34. The maximum absolute atomic E-state index is 13.0. The van der Waals surface area contributed by atoms with Gasteiger partial charge in [-0.15, -0.1) is 0 Å². The zero-order valence-electron chi connectivity index (χ0n) is 13.3. The molecule has 8 nitrogen and oxygen atoms in total. The standard InChI is InChI=1S/C16H18N6O2/c1-21-9-11(8-18-21)13-4-2-3-5-22(13)15(23)10-6-12-14(17-7-10)20-16(24)19-12/h6-9,13H,2-5H2,1H3,(H2,17,19,20,24). The molecule has 24 heavy (non-hydrogen) atoms. The summed E-state index contributed by atoms with van der Waals surface area (Å²) in [5.41, 5.74) is 2.20. The fraction of sp³-hybridized carbons (Fsp3) is 0.375. The second kappa shape index (κ2) is 5.63. The van der Waals surface area contributed by atoms with E-state index in [0.29, 0.717) is 23.3 Å². The van der Waals surface area contributed by atoms with E-state index in [1.165, 1.54) is 6.20 Å². The van der Waals surface area contributed by atoms with Crippen LogP contribution in [-0.4, -0.2) is 42.1 Å². The van der Waals surface area contributed by atoms with Gasteiger partial charge in [0.05, 0.1) is 23.3 Å². The van der Waals surface area contributed by atoms with Gasteiger partial charge in [0.2, 0.25) is 0 Å². The highest BCUT2D eigenvalue weighted by atomic mass is 16.2. The Morgan fingerprint density at radius 3 is 2.96 bits per heavy atom. The van der Waals surface area contributed by atoms with Gasteiger partial charge in [-0.2, -0.15) is 5.10 Å². The number of nitrogens with zero attached hydrogens (tertiary/aromatic N) is 4. The highest BCUT2D eigenvalue weighted by Gasteiger charge is 2.29. The molecule has 4 rings (SSSR count). The van der Waals surface area contributed by atoms with Crippen molar-refractivity contribution in [3.8, 4) is 0 Å². The van der Waals surface area contributed by atoms with Crippen LogP contribution in [0.15, 0.2) is 29.5 Å². The maximum atomic E-state index is 13.0. The van der Waals surface area contributed by atoms with Gasteiger partial charge < -0.3 is 9.88 Å². The molecule has 0 spiro atoms. The minimum absolute atomic E-state index is 0.0286. The van der Waals surface area contributed by atoms with Gasteiger partial charge in [-0.3, -0.25) is 14.5 Å². The molecule has 4 heterocycles. The van der Waals surface area contributed by atoms with Crippen LogP contribution in [0.25, 0.3) is 11.2 Å². The number of likely N-dealkylation sites (tertiary alicyclic amines) is 1. The maximum Gasteiger partial charge on any atom is 0.325 e. The third kappa shape index (κ3) is 2.49. The van der Waals surface area contributed by atoms with Crippen LogP contribution in [-0.2, 0) is 7.05 Å². The smallest absolute Gasteiger partial charge is 0.325 e. The monoisotopic (exact) mass is 326 g/mol. The molecular weight excluding hydrogens is 308 g/mol. The lowest BCUT2D eigenvalue weighted by Crippen LogP contribution is -2.38. The van der Waals surface area contributed by atoms with Crippen LogP contribution in [0.1, 0.15) is 41.2 Å². The molecule has 0 saturated carbocycles. The first kappa shape index (κ1) is 14.7. The molecule has 1 aliphatic heterocycles. The lowest BCUT2D eigenvalue weighted by atomic mass is 9.96. The van der Waals surface area contributed by atoms with Crippen molar-refractivity contribution < 1.29 is 4.79 Å². The van der Waals surface area contributed by atoms with Crippen LogP contribution in [0, 0.1) is 0 Å². The molecule has 1 fully saturated rings. The number of nitrogens with one attached hydrogen (secondary N) is 2. The Kier molecular flexibility index (Phi) is 3.44. The number of carbonyl (C=O) groups excluding carboxylic acids is 1. The first-order valence-electron chi connectivity index (χ1n) is 7.99. The largest absolute Gasteiger partial charge is 0.331 e. The summed E-state index contributed by atoms with van der Waals surface area (Å²) < 4.78 is 1.75. The number of imidazole rings is 1. The first-order chi connectivity index (χ1) is 11.6. The highest BCUT2D eigenvalue weighted by Crippen LogP contribution is 2.31. The number of aryl methyl sites for hydroxylation is 1. The molecular formula is C16H18N6O2. The van der Waals surface area contributed by atoms with Gasteiger partial charge >= 0.3 is 5.69 Å². The van der Waals surface area contributed by atoms with Crippen molar-refractivity contribution in [2.24, 2.45) is 7.05 Å². The Morgan fingerprint density at radius 2 is 2.17 bits per heavy atom. The number of pyridine rings is 1. The number of carbonyl (C=O) groups is 1. The summed E-state index contributed by atoms with van der Waals surface area (Å²) in [4.78, 5) is 35.6. The number of aromatic amines is 2. The van der Waals surface area contributed by atoms with Crippen molar-refractivity contribution in [2.75, 3.05) is 6.54 Å². The average molecular weight is 326 g/mol. The van der Waals surface area contributed by atoms with E-state index in [0.717, 1.165) is 24.8 Å². The first-order valence-corrected chi connectivity index (χ1v) is 7.99. The molecule has 124 valence electrons. The van der Waals surface area contributed by atoms with E-state index < -0.39 is 0 Å². The summed E-state index contributed by atoms with van der Waals surface area (Å²) in [7, 11) is 1.87. The van der Waals surface area contributed by atoms with Crippen molar-refractivity contribution in [3.63, 3.8) is 0 Å². The molecule has 2 N–H and O–H groups in total. The Balaban J connectivity index is 1.68. The number of hydrogen-bond donors (Lipinski definition) is 2. The molecule has 1 aliphatic rings. The summed E-state index contributed by atoms with van der Waals surface area (Å²) in [6.07, 6.45) is 8.30. The molecule has 1 amide bonds. The van der Waals surface area contributed by atoms with E-state index >= 15 is 0 Å². The van der Waals surface area contributed by atoms with Crippen LogP contribution in [0.5, 0.6) is 0 Å². The van der Waals surface area contributed by atoms with Gasteiger partial charge in [-0.1, -0.05) is 0 Å². The Bertz CT molecular complexity index is 953. The summed E-state index contributed by atoms with van der Waals surface area (Å²) >= 11 is 0. The van der Waals surface area contributed by atoms with Crippen LogP contribution >= 0.6 is 0 Å².